The maximum Gasteiger partial charge on any atom is 0.253 e. The molecule has 0 radical (unpaired) electrons. The van der Waals surface area contributed by atoms with E-state index in [0.29, 0.717) is 30.3 Å². The van der Waals surface area contributed by atoms with Crippen LogP contribution in [0, 0.1) is 5.92 Å². The van der Waals surface area contributed by atoms with Gasteiger partial charge in [-0.25, -0.2) is 0 Å². The van der Waals surface area contributed by atoms with Crippen LogP contribution < -0.4 is 16.4 Å². The number of benzene rings is 1. The summed E-state index contributed by atoms with van der Waals surface area (Å²) in [6.07, 6.45) is 0. The first-order valence-corrected chi connectivity index (χ1v) is 6.45. The maximum absolute atomic E-state index is 12.1. The number of methoxy groups -OCH3 is 1. The third-order valence-corrected chi connectivity index (χ3v) is 2.58. The number of carbonyl (C=O) groups is 1. The number of nitrogens with two attached hydrogens (primary N) is 1. The molecule has 0 aliphatic carbocycles. The van der Waals surface area contributed by atoms with Crippen molar-refractivity contribution in [2.45, 2.75) is 13.8 Å². The first-order chi connectivity index (χ1) is 9.04. The van der Waals surface area contributed by atoms with Crippen molar-refractivity contribution in [3.8, 4) is 0 Å². The van der Waals surface area contributed by atoms with Crippen molar-refractivity contribution in [3.63, 3.8) is 0 Å². The van der Waals surface area contributed by atoms with E-state index in [1.165, 1.54) is 0 Å². The second-order valence-electron chi connectivity index (χ2n) is 4.83. The molecule has 1 aromatic rings. The Morgan fingerprint density at radius 1 is 1.42 bits per heavy atom. The van der Waals surface area contributed by atoms with Crippen LogP contribution in [0.25, 0.3) is 0 Å². The minimum Gasteiger partial charge on any atom is -0.399 e. The Morgan fingerprint density at radius 2 is 2.16 bits per heavy atom. The topological polar surface area (TPSA) is 76.4 Å². The van der Waals surface area contributed by atoms with Gasteiger partial charge in [0.25, 0.3) is 5.91 Å². The number of ether oxygens (including phenoxy) is 1. The Balaban J connectivity index is 2.78. The molecule has 0 unspecified atom stereocenters. The molecule has 4 N–H and O–H groups in total. The highest BCUT2D eigenvalue weighted by Crippen LogP contribution is 2.19. The molecular weight excluding hydrogens is 242 g/mol. The zero-order valence-corrected chi connectivity index (χ0v) is 11.8. The lowest BCUT2D eigenvalue weighted by Gasteiger charge is -2.14. The number of anilines is 2. The number of nitrogen functional groups attached to an aromatic ring is 1. The summed E-state index contributed by atoms with van der Waals surface area (Å²) in [5.74, 6) is 0.359. The molecule has 0 spiro atoms. The highest BCUT2D eigenvalue weighted by Gasteiger charge is 2.11. The predicted octanol–water partition coefficient (Wildman–Crippen LogP) is 1.71. The van der Waals surface area contributed by atoms with Crippen LogP contribution in [-0.2, 0) is 4.74 Å². The van der Waals surface area contributed by atoms with Crippen LogP contribution in [0.4, 0.5) is 11.4 Å². The normalized spacial score (nSPS) is 10.5. The number of nitrogens with one attached hydrogen (secondary N) is 2. The SMILES string of the molecule is COCCNC(=O)c1cc(N)ccc1NCC(C)C. The van der Waals surface area contributed by atoms with Crippen LogP contribution in [0.2, 0.25) is 0 Å². The zero-order chi connectivity index (χ0) is 14.3. The van der Waals surface area contributed by atoms with Gasteiger partial charge >= 0.3 is 0 Å². The molecule has 0 aromatic heterocycles. The number of hydrogen-bond acceptors (Lipinski definition) is 4. The zero-order valence-electron chi connectivity index (χ0n) is 11.8. The summed E-state index contributed by atoms with van der Waals surface area (Å²) in [6.45, 7) is 6.00. The van der Waals surface area contributed by atoms with Crippen LogP contribution in [0.3, 0.4) is 0 Å². The van der Waals surface area contributed by atoms with E-state index in [1.807, 2.05) is 6.07 Å². The van der Waals surface area contributed by atoms with Crippen molar-refractivity contribution in [1.29, 1.82) is 0 Å². The van der Waals surface area contributed by atoms with E-state index < -0.39 is 0 Å². The van der Waals surface area contributed by atoms with Gasteiger partial charge in [-0.1, -0.05) is 13.8 Å². The summed E-state index contributed by atoms with van der Waals surface area (Å²) in [6, 6.07) is 5.31. The van der Waals surface area contributed by atoms with Crippen LogP contribution in [0.5, 0.6) is 0 Å². The van der Waals surface area contributed by atoms with E-state index in [1.54, 1.807) is 19.2 Å². The predicted molar refractivity (Wildman–Crippen MR) is 78.4 cm³/mol. The second kappa shape index (κ2) is 7.63. The number of carbonyl (C=O) groups excluding carboxylic acids is 1. The van der Waals surface area contributed by atoms with Crippen molar-refractivity contribution in [3.05, 3.63) is 23.8 Å². The summed E-state index contributed by atoms with van der Waals surface area (Å²) in [4.78, 5) is 12.1. The lowest BCUT2D eigenvalue weighted by Crippen LogP contribution is -2.28. The Morgan fingerprint density at radius 3 is 2.79 bits per heavy atom. The first-order valence-electron chi connectivity index (χ1n) is 6.45. The van der Waals surface area contributed by atoms with Gasteiger partial charge in [-0.15, -0.1) is 0 Å². The number of amides is 1. The van der Waals surface area contributed by atoms with Crippen molar-refractivity contribution >= 4 is 17.3 Å². The van der Waals surface area contributed by atoms with E-state index in [0.717, 1.165) is 12.2 Å². The molecule has 0 fully saturated rings. The highest BCUT2D eigenvalue weighted by molar-refractivity contribution is 6.00. The summed E-state index contributed by atoms with van der Waals surface area (Å²) < 4.78 is 4.91. The summed E-state index contributed by atoms with van der Waals surface area (Å²) in [5, 5.41) is 6.06. The molecule has 0 saturated carbocycles. The molecule has 19 heavy (non-hydrogen) atoms. The molecule has 5 nitrogen and oxygen atoms in total. The fourth-order valence-corrected chi connectivity index (χ4v) is 1.58. The van der Waals surface area contributed by atoms with Gasteiger partial charge in [-0.2, -0.15) is 0 Å². The molecule has 106 valence electrons. The molecule has 0 aliphatic heterocycles. The van der Waals surface area contributed by atoms with Gasteiger partial charge in [-0.05, 0) is 24.1 Å². The van der Waals surface area contributed by atoms with E-state index in [-0.39, 0.29) is 5.91 Å². The first kappa shape index (κ1) is 15.3. The second-order valence-corrected chi connectivity index (χ2v) is 4.83. The van der Waals surface area contributed by atoms with Gasteiger partial charge in [0, 0.05) is 31.6 Å². The Kier molecular flexibility index (Phi) is 6.15. The monoisotopic (exact) mass is 265 g/mol. The average Bonchev–Trinajstić information content (AvgIpc) is 2.37. The van der Waals surface area contributed by atoms with Gasteiger partial charge in [0.05, 0.1) is 12.2 Å². The summed E-state index contributed by atoms with van der Waals surface area (Å²) >= 11 is 0. The van der Waals surface area contributed by atoms with Crippen LogP contribution in [0.15, 0.2) is 18.2 Å². The molecule has 0 heterocycles. The van der Waals surface area contributed by atoms with Crippen molar-refractivity contribution in [1.82, 2.24) is 5.32 Å². The molecule has 1 aromatic carbocycles. The molecular formula is C14H23N3O2. The minimum absolute atomic E-state index is 0.143. The molecule has 0 atom stereocenters. The molecule has 0 aliphatic rings. The van der Waals surface area contributed by atoms with Crippen molar-refractivity contribution < 1.29 is 9.53 Å². The average molecular weight is 265 g/mol. The van der Waals surface area contributed by atoms with Gasteiger partial charge < -0.3 is 21.1 Å². The van der Waals surface area contributed by atoms with Crippen LogP contribution >= 0.6 is 0 Å². The Labute approximate surface area is 114 Å². The fourth-order valence-electron chi connectivity index (χ4n) is 1.58. The van der Waals surface area contributed by atoms with E-state index in [2.05, 4.69) is 24.5 Å². The maximum atomic E-state index is 12.1. The number of rotatable bonds is 7. The van der Waals surface area contributed by atoms with E-state index in [9.17, 15) is 4.79 Å². The Hall–Kier alpha value is -1.75. The quantitative estimate of drug-likeness (QED) is 0.518. The van der Waals surface area contributed by atoms with Crippen molar-refractivity contribution in [2.24, 2.45) is 5.92 Å². The fraction of sp³-hybridized carbons (Fsp3) is 0.500. The van der Waals surface area contributed by atoms with Gasteiger partial charge in [0.15, 0.2) is 0 Å². The molecule has 1 rings (SSSR count). The third-order valence-electron chi connectivity index (χ3n) is 2.58. The molecule has 0 bridgehead atoms. The standard InChI is InChI=1S/C14H23N3O2/c1-10(2)9-17-13-5-4-11(15)8-12(13)14(18)16-6-7-19-3/h4-5,8,10,17H,6-7,9,15H2,1-3H3,(H,16,18). The lowest BCUT2D eigenvalue weighted by molar-refractivity contribution is 0.0938. The highest BCUT2D eigenvalue weighted by atomic mass is 16.5. The largest absolute Gasteiger partial charge is 0.399 e. The summed E-state index contributed by atoms with van der Waals surface area (Å²) in [7, 11) is 1.60. The van der Waals surface area contributed by atoms with Gasteiger partial charge in [-0.3, -0.25) is 4.79 Å². The molecule has 1 amide bonds. The lowest BCUT2D eigenvalue weighted by atomic mass is 10.1. The molecule has 0 saturated heterocycles. The van der Waals surface area contributed by atoms with E-state index in [4.69, 9.17) is 10.5 Å². The van der Waals surface area contributed by atoms with Crippen LogP contribution in [-0.4, -0.2) is 32.7 Å². The third kappa shape index (κ3) is 5.18. The van der Waals surface area contributed by atoms with Gasteiger partial charge in [0.2, 0.25) is 0 Å². The van der Waals surface area contributed by atoms with Gasteiger partial charge in [0.1, 0.15) is 0 Å². The Bertz CT molecular complexity index is 419. The van der Waals surface area contributed by atoms with E-state index >= 15 is 0 Å². The minimum atomic E-state index is -0.143. The smallest absolute Gasteiger partial charge is 0.253 e. The van der Waals surface area contributed by atoms with Crippen LogP contribution in [0.1, 0.15) is 24.2 Å². The number of hydrogen-bond donors (Lipinski definition) is 3. The molecule has 5 heteroatoms. The van der Waals surface area contributed by atoms with Crippen molar-refractivity contribution in [2.75, 3.05) is 37.9 Å². The summed E-state index contributed by atoms with van der Waals surface area (Å²) in [5.41, 5.74) is 7.69.